The first-order chi connectivity index (χ1) is 15.6. The summed E-state index contributed by atoms with van der Waals surface area (Å²) in [6, 6.07) is 24.8. The molecule has 0 N–H and O–H groups in total. The molecule has 0 saturated carbocycles. The molecular formula is C31H28Cl2Zr. The molecule has 3 aromatic carbocycles. The number of benzene rings is 3. The second-order valence-corrected chi connectivity index (χ2v) is 14.6. The quantitative estimate of drug-likeness (QED) is 0.447. The van der Waals surface area contributed by atoms with Crippen molar-refractivity contribution >= 4 is 15.9 Å². The summed E-state index contributed by atoms with van der Waals surface area (Å²) < 4.78 is 4.84. The predicted molar refractivity (Wildman–Crippen MR) is 137 cm³/mol. The Kier molecular flexibility index (Phi) is 8.69. The van der Waals surface area contributed by atoms with Gasteiger partial charge in [0.2, 0.25) is 0 Å². The van der Waals surface area contributed by atoms with Crippen LogP contribution in [0.3, 0.4) is 0 Å². The van der Waals surface area contributed by atoms with E-state index in [1.807, 2.05) is 12.2 Å². The van der Waals surface area contributed by atoms with Gasteiger partial charge >= 0.3 is 200 Å². The van der Waals surface area contributed by atoms with Crippen LogP contribution in [0.15, 0.2) is 101 Å². The van der Waals surface area contributed by atoms with Gasteiger partial charge in [-0.05, 0) is 0 Å². The third-order valence-electron chi connectivity index (χ3n) is 6.69. The first-order valence-electron chi connectivity index (χ1n) is 11.3. The predicted octanol–water partition coefficient (Wildman–Crippen LogP) is 2.00. The molecule has 0 bridgehead atoms. The Labute approximate surface area is 223 Å². The first-order valence-corrected chi connectivity index (χ1v) is 15.4. The molecule has 2 aliphatic rings. The Hall–Kier alpha value is -2.05. The summed E-state index contributed by atoms with van der Waals surface area (Å²) in [7, 11) is 0. The van der Waals surface area contributed by atoms with Crippen LogP contribution < -0.4 is 24.8 Å². The average Bonchev–Trinajstić information content (AvgIpc) is 3.33. The fourth-order valence-corrected chi connectivity index (χ4v) is 13.5. The van der Waals surface area contributed by atoms with Gasteiger partial charge in [0.25, 0.3) is 0 Å². The Morgan fingerprint density at radius 2 is 1.32 bits per heavy atom. The van der Waals surface area contributed by atoms with Crippen LogP contribution >= 0.6 is 0 Å². The number of hydrogen-bond acceptors (Lipinski definition) is 0. The Morgan fingerprint density at radius 3 is 1.79 bits per heavy atom. The molecule has 0 heterocycles. The molecule has 34 heavy (non-hydrogen) atoms. The second kappa shape index (κ2) is 11.1. The van der Waals surface area contributed by atoms with E-state index in [0.29, 0.717) is 9.54 Å². The molecule has 170 valence electrons. The van der Waals surface area contributed by atoms with Crippen LogP contribution in [0.25, 0.3) is 23.3 Å². The van der Waals surface area contributed by atoms with Crippen LogP contribution in [0.2, 0.25) is 0 Å². The summed E-state index contributed by atoms with van der Waals surface area (Å²) in [5.74, 6) is 0.525. The monoisotopic (exact) mass is 560 g/mol. The normalized spacial score (nSPS) is 15.9. The fourth-order valence-electron chi connectivity index (χ4n) is 5.19. The summed E-state index contributed by atoms with van der Waals surface area (Å²) in [5.41, 5.74) is 10.9. The standard InChI is InChI=1S/C17H13.C7H9.C7H6.2ClH.Zr/c1-3-12-5-7-14-11-15-8-6-13(4-2)10-17(15)16(14)9-12;1-6-3-4-7(2)5-6;1-7-5-3-2-4-6-7;;;/h3-11H,1-2H2;3,5,7H,1-2H3;1-6H;2*1H;/q;;;;;+2/p-2. The molecule has 0 aromatic heterocycles. The molecule has 5 rings (SSSR count). The molecule has 1 atom stereocenters. The summed E-state index contributed by atoms with van der Waals surface area (Å²) in [6.45, 7) is 12.6. The van der Waals surface area contributed by atoms with Crippen LogP contribution in [0, 0.1) is 5.92 Å². The van der Waals surface area contributed by atoms with E-state index in [1.165, 1.54) is 44.5 Å². The molecule has 3 heteroatoms. The average molecular weight is 563 g/mol. The molecule has 3 aromatic rings. The molecule has 0 radical (unpaired) electrons. The van der Waals surface area contributed by atoms with Crippen molar-refractivity contribution in [3.8, 4) is 11.1 Å². The molecule has 2 aliphatic carbocycles. The zero-order valence-electron chi connectivity index (χ0n) is 19.6. The van der Waals surface area contributed by atoms with Crippen molar-refractivity contribution in [3.63, 3.8) is 0 Å². The molecule has 0 aliphatic heterocycles. The minimum Gasteiger partial charge on any atom is -1.00 e. The second-order valence-electron chi connectivity index (χ2n) is 8.84. The summed E-state index contributed by atoms with van der Waals surface area (Å²) >= 11 is -2.32. The Morgan fingerprint density at radius 1 is 0.765 bits per heavy atom. The molecule has 0 amide bonds. The first kappa shape index (κ1) is 26.6. The van der Waals surface area contributed by atoms with E-state index in [1.54, 1.807) is 3.28 Å². The maximum atomic E-state index is 4.01. The summed E-state index contributed by atoms with van der Waals surface area (Å²) in [4.78, 5) is 0. The van der Waals surface area contributed by atoms with Gasteiger partial charge in [-0.2, -0.15) is 0 Å². The zero-order valence-corrected chi connectivity index (χ0v) is 23.5. The molecule has 0 fully saturated rings. The molecule has 1 unspecified atom stereocenters. The maximum Gasteiger partial charge on any atom is -1.00 e. The van der Waals surface area contributed by atoms with Crippen molar-refractivity contribution in [2.24, 2.45) is 5.92 Å². The van der Waals surface area contributed by atoms with Crippen molar-refractivity contribution in [2.75, 3.05) is 0 Å². The van der Waals surface area contributed by atoms with Crippen molar-refractivity contribution < 1.29 is 46.1 Å². The topological polar surface area (TPSA) is 0 Å². The van der Waals surface area contributed by atoms with Gasteiger partial charge in [-0.1, -0.05) is 0 Å². The largest absolute Gasteiger partial charge is 1.00 e. The van der Waals surface area contributed by atoms with E-state index in [-0.39, 0.29) is 24.8 Å². The molecule has 0 nitrogen and oxygen atoms in total. The number of hydrogen-bond donors (Lipinski definition) is 0. The van der Waals surface area contributed by atoms with Crippen LogP contribution in [-0.4, -0.2) is 3.71 Å². The minimum atomic E-state index is -2.32. The van der Waals surface area contributed by atoms with Crippen molar-refractivity contribution in [1.82, 2.24) is 0 Å². The van der Waals surface area contributed by atoms with E-state index in [2.05, 4.69) is 110 Å². The summed E-state index contributed by atoms with van der Waals surface area (Å²) in [6.07, 6.45) is 8.84. The van der Waals surface area contributed by atoms with Crippen molar-refractivity contribution in [3.05, 3.63) is 129 Å². The molecule has 0 saturated heterocycles. The van der Waals surface area contributed by atoms with Gasteiger partial charge in [0.15, 0.2) is 0 Å². The van der Waals surface area contributed by atoms with E-state index in [0.717, 1.165) is 0 Å². The fraction of sp³-hybridized carbons (Fsp3) is 0.129. The molecular weight excluding hydrogens is 534 g/mol. The number of fused-ring (bicyclic) bond motifs is 3. The minimum absolute atomic E-state index is 0. The number of allylic oxidation sites excluding steroid dienone is 4. The van der Waals surface area contributed by atoms with Crippen LogP contribution in [0.4, 0.5) is 0 Å². The van der Waals surface area contributed by atoms with Crippen LogP contribution in [0.5, 0.6) is 0 Å². The van der Waals surface area contributed by atoms with Crippen LogP contribution in [-0.2, 0) is 21.3 Å². The van der Waals surface area contributed by atoms with Gasteiger partial charge in [0, 0.05) is 0 Å². The smallest absolute Gasteiger partial charge is 1.00 e. The van der Waals surface area contributed by atoms with Crippen molar-refractivity contribution in [2.45, 2.75) is 17.5 Å². The van der Waals surface area contributed by atoms with Gasteiger partial charge < -0.3 is 24.8 Å². The van der Waals surface area contributed by atoms with Gasteiger partial charge in [-0.25, -0.2) is 0 Å². The van der Waals surface area contributed by atoms with Gasteiger partial charge in [-0.3, -0.25) is 0 Å². The van der Waals surface area contributed by atoms with Crippen LogP contribution in [0.1, 0.15) is 45.3 Å². The van der Waals surface area contributed by atoms with Crippen molar-refractivity contribution in [1.29, 1.82) is 0 Å². The Bertz CT molecular complexity index is 1270. The maximum absolute atomic E-state index is 4.01. The Balaban J connectivity index is 0.00000162. The van der Waals surface area contributed by atoms with Gasteiger partial charge in [-0.15, -0.1) is 0 Å². The van der Waals surface area contributed by atoms with Gasteiger partial charge in [0.1, 0.15) is 0 Å². The third-order valence-corrected chi connectivity index (χ3v) is 14.4. The number of rotatable bonds is 5. The number of halogens is 2. The third kappa shape index (κ3) is 4.85. The van der Waals surface area contributed by atoms with E-state index in [4.69, 9.17) is 0 Å². The zero-order chi connectivity index (χ0) is 22.2. The SMILES string of the molecule is C=Cc1ccc2c(c1)-c1cc(C=C)ccc1[CH]2/[Zr+2](=[CH]/c1ccccc1)[C]1=CC(C)=CC1C.[Cl-].[Cl-]. The van der Waals surface area contributed by atoms with E-state index in [9.17, 15) is 0 Å². The van der Waals surface area contributed by atoms with E-state index >= 15 is 0 Å². The van der Waals surface area contributed by atoms with Gasteiger partial charge in [0.05, 0.1) is 0 Å². The summed E-state index contributed by atoms with van der Waals surface area (Å²) in [5, 5.41) is 0. The van der Waals surface area contributed by atoms with E-state index < -0.39 is 21.3 Å². The molecule has 0 spiro atoms.